The third-order valence-corrected chi connectivity index (χ3v) is 16.4. The molecule has 0 bridgehead atoms. The topological polar surface area (TPSA) is 72.8 Å². The van der Waals surface area contributed by atoms with Crippen LogP contribution in [0, 0.1) is 0 Å². The SMILES string of the molecule is CC(C)[Si](O[Si](Oc1ccc(C(=O)c2ccccc2)cc1)(C(C)C)C(C)C)C(C)c1cc(C(=O)c2ccccc2)ccc1O. The summed E-state index contributed by atoms with van der Waals surface area (Å²) < 4.78 is 14.2. The molecule has 0 saturated carbocycles. The third-order valence-electron chi connectivity index (χ3n) is 8.10. The summed E-state index contributed by atoms with van der Waals surface area (Å²) in [7, 11) is -4.54. The van der Waals surface area contributed by atoms with Crippen LogP contribution in [0.25, 0.3) is 0 Å². The lowest BCUT2D eigenvalue weighted by Gasteiger charge is -2.42. The van der Waals surface area contributed by atoms with Crippen molar-refractivity contribution in [2.24, 2.45) is 0 Å². The summed E-state index contributed by atoms with van der Waals surface area (Å²) in [5, 5.41) is 11.0. The summed E-state index contributed by atoms with van der Waals surface area (Å²) in [6, 6.07) is 30.9. The van der Waals surface area contributed by atoms with Crippen LogP contribution < -0.4 is 4.43 Å². The van der Waals surface area contributed by atoms with E-state index in [4.69, 9.17) is 8.54 Å². The first kappa shape index (κ1) is 33.1. The predicted molar refractivity (Wildman–Crippen MR) is 181 cm³/mol. The second-order valence-corrected chi connectivity index (χ2v) is 19.8. The molecular weight excluding hydrogens is 581 g/mol. The highest BCUT2D eigenvalue weighted by atomic mass is 28.4. The van der Waals surface area contributed by atoms with Crippen LogP contribution >= 0.6 is 0 Å². The van der Waals surface area contributed by atoms with Crippen molar-refractivity contribution in [3.63, 3.8) is 0 Å². The summed E-state index contributed by atoms with van der Waals surface area (Å²) in [5.74, 6) is 0.731. The Balaban J connectivity index is 1.64. The molecule has 1 atom stereocenters. The maximum Gasteiger partial charge on any atom is 0.393 e. The van der Waals surface area contributed by atoms with Gasteiger partial charge in [0.1, 0.15) is 11.5 Å². The zero-order valence-electron chi connectivity index (χ0n) is 26.7. The number of hydrogen-bond acceptors (Lipinski definition) is 5. The first-order valence-electron chi connectivity index (χ1n) is 15.3. The molecule has 7 heteroatoms. The Kier molecular flexibility index (Phi) is 10.8. The van der Waals surface area contributed by atoms with E-state index >= 15 is 0 Å². The van der Waals surface area contributed by atoms with Gasteiger partial charge in [-0.1, -0.05) is 109 Å². The fourth-order valence-corrected chi connectivity index (χ4v) is 14.6. The zero-order valence-corrected chi connectivity index (χ0v) is 28.7. The van der Waals surface area contributed by atoms with Crippen molar-refractivity contribution in [3.8, 4) is 11.5 Å². The molecule has 0 aliphatic heterocycles. The van der Waals surface area contributed by atoms with Crippen LogP contribution in [0.5, 0.6) is 11.5 Å². The largest absolute Gasteiger partial charge is 0.520 e. The lowest BCUT2D eigenvalue weighted by Crippen LogP contribution is -2.56. The van der Waals surface area contributed by atoms with Gasteiger partial charge in [0, 0.05) is 38.9 Å². The van der Waals surface area contributed by atoms with Gasteiger partial charge in [0.2, 0.25) is 9.04 Å². The van der Waals surface area contributed by atoms with E-state index in [0.717, 1.165) is 0 Å². The molecule has 0 amide bonds. The molecule has 0 fully saturated rings. The van der Waals surface area contributed by atoms with Crippen LogP contribution in [0.15, 0.2) is 103 Å². The minimum Gasteiger partial charge on any atom is -0.520 e. The molecule has 0 aliphatic carbocycles. The second-order valence-electron chi connectivity index (χ2n) is 12.2. The number of carbonyl (C=O) groups is 2. The first-order valence-corrected chi connectivity index (χ1v) is 18.8. The number of rotatable bonds is 13. The molecule has 0 aromatic heterocycles. The van der Waals surface area contributed by atoms with Gasteiger partial charge >= 0.3 is 8.56 Å². The van der Waals surface area contributed by atoms with Gasteiger partial charge in [-0.15, -0.1) is 0 Å². The minimum atomic E-state index is -2.91. The van der Waals surface area contributed by atoms with Gasteiger partial charge < -0.3 is 13.6 Å². The number of phenols is 1. The van der Waals surface area contributed by atoms with Crippen molar-refractivity contribution in [1.29, 1.82) is 0 Å². The monoisotopic (exact) mass is 623 g/mol. The molecule has 0 aliphatic rings. The highest BCUT2D eigenvalue weighted by molar-refractivity contribution is 6.78. The fraction of sp³-hybridized carbons (Fsp3) is 0.297. The van der Waals surface area contributed by atoms with E-state index in [1.54, 1.807) is 24.3 Å². The van der Waals surface area contributed by atoms with Crippen LogP contribution in [0.2, 0.25) is 16.6 Å². The van der Waals surface area contributed by atoms with Gasteiger partial charge in [0.15, 0.2) is 11.6 Å². The average Bonchev–Trinajstić information content (AvgIpc) is 3.03. The molecule has 1 unspecified atom stereocenters. The Labute approximate surface area is 264 Å². The van der Waals surface area contributed by atoms with E-state index in [9.17, 15) is 14.7 Å². The third kappa shape index (κ3) is 7.29. The van der Waals surface area contributed by atoms with Crippen LogP contribution in [-0.2, 0) is 4.12 Å². The van der Waals surface area contributed by atoms with E-state index in [1.165, 1.54) is 0 Å². The van der Waals surface area contributed by atoms with Crippen LogP contribution in [0.1, 0.15) is 91.4 Å². The van der Waals surface area contributed by atoms with Crippen molar-refractivity contribution >= 4 is 29.2 Å². The summed E-state index contributed by atoms with van der Waals surface area (Å²) in [5.41, 5.74) is 3.44. The molecular formula is C37H43O5Si2. The highest BCUT2D eigenvalue weighted by Gasteiger charge is 2.50. The molecule has 4 aromatic carbocycles. The number of carbonyl (C=O) groups excluding carboxylic acids is 2. The Morgan fingerprint density at radius 2 is 1.09 bits per heavy atom. The maximum absolute atomic E-state index is 13.3. The molecule has 0 spiro atoms. The Morgan fingerprint density at radius 3 is 1.57 bits per heavy atom. The Bertz CT molecular complexity index is 1540. The first-order chi connectivity index (χ1) is 20.9. The average molecular weight is 624 g/mol. The zero-order chi connectivity index (χ0) is 32.0. The van der Waals surface area contributed by atoms with Crippen molar-refractivity contribution in [2.75, 3.05) is 0 Å². The normalized spacial score (nSPS) is 12.6. The van der Waals surface area contributed by atoms with Crippen LogP contribution in [0.3, 0.4) is 0 Å². The maximum atomic E-state index is 13.3. The summed E-state index contributed by atoms with van der Waals surface area (Å²) in [6.07, 6.45) is 0. The minimum absolute atomic E-state index is 0.0310. The van der Waals surface area contributed by atoms with E-state index in [2.05, 4.69) is 48.5 Å². The van der Waals surface area contributed by atoms with Gasteiger partial charge in [-0.25, -0.2) is 0 Å². The summed E-state index contributed by atoms with van der Waals surface area (Å²) in [4.78, 5) is 26.2. The van der Waals surface area contributed by atoms with Crippen LogP contribution in [0.4, 0.5) is 0 Å². The summed E-state index contributed by atoms with van der Waals surface area (Å²) in [6.45, 7) is 15.0. The van der Waals surface area contributed by atoms with E-state index < -0.39 is 17.6 Å². The van der Waals surface area contributed by atoms with Crippen molar-refractivity contribution in [3.05, 3.63) is 131 Å². The molecule has 1 radical (unpaired) electrons. The number of phenolic OH excluding ortho intramolecular Hbond substituents is 1. The van der Waals surface area contributed by atoms with Gasteiger partial charge in [-0.3, -0.25) is 9.59 Å². The molecule has 44 heavy (non-hydrogen) atoms. The molecule has 229 valence electrons. The van der Waals surface area contributed by atoms with Gasteiger partial charge in [-0.2, -0.15) is 0 Å². The molecule has 4 rings (SSSR count). The summed E-state index contributed by atoms with van der Waals surface area (Å²) >= 11 is 0. The van der Waals surface area contributed by atoms with E-state index in [0.29, 0.717) is 33.6 Å². The van der Waals surface area contributed by atoms with E-state index in [-0.39, 0.29) is 39.5 Å². The fourth-order valence-electron chi connectivity index (χ4n) is 5.62. The Hall–Kier alpha value is -3.79. The number of aromatic hydroxyl groups is 1. The lowest BCUT2D eigenvalue weighted by atomic mass is 10.00. The molecule has 4 aromatic rings. The van der Waals surface area contributed by atoms with Crippen LogP contribution in [-0.4, -0.2) is 34.3 Å². The number of benzene rings is 4. The lowest BCUT2D eigenvalue weighted by molar-refractivity contribution is 0.103. The van der Waals surface area contributed by atoms with Crippen molar-refractivity contribution in [1.82, 2.24) is 0 Å². The van der Waals surface area contributed by atoms with Crippen molar-refractivity contribution in [2.45, 2.75) is 70.6 Å². The quantitative estimate of drug-likeness (QED) is 0.119. The van der Waals surface area contributed by atoms with Gasteiger partial charge in [0.05, 0.1) is 0 Å². The van der Waals surface area contributed by atoms with Gasteiger partial charge in [-0.05, 0) is 53.6 Å². The predicted octanol–water partition coefficient (Wildman–Crippen LogP) is 9.26. The molecule has 0 heterocycles. The molecule has 1 N–H and O–H groups in total. The number of hydrogen-bond donors (Lipinski definition) is 1. The highest BCUT2D eigenvalue weighted by Crippen LogP contribution is 2.41. The van der Waals surface area contributed by atoms with E-state index in [1.807, 2.05) is 78.9 Å². The molecule has 5 nitrogen and oxygen atoms in total. The standard InChI is InChI=1S/C37H43O5Si2/c1-25(2)43(28(7)34-24-32(20-23-35(34)38)37(40)30-16-12-9-13-17-30)42-44(26(3)4,27(5)6)41-33-21-18-31(19-22-33)36(39)29-14-10-8-11-15-29/h8-28,38H,1-7H3. The van der Waals surface area contributed by atoms with Crippen molar-refractivity contribution < 1.29 is 23.2 Å². The molecule has 0 saturated heterocycles. The number of ketones is 2. The Morgan fingerprint density at radius 1 is 0.636 bits per heavy atom. The smallest absolute Gasteiger partial charge is 0.393 e. The second kappa shape index (κ2) is 14.3. The van der Waals surface area contributed by atoms with Gasteiger partial charge in [0.25, 0.3) is 0 Å².